The number of carbonyl (C=O) groups excluding carboxylic acids is 2. The number of ether oxygens (including phenoxy) is 2. The fourth-order valence-electron chi connectivity index (χ4n) is 4.16. The van der Waals surface area contributed by atoms with Gasteiger partial charge in [-0.2, -0.15) is 0 Å². The molecule has 3 aromatic rings. The Bertz CT molecular complexity index is 1200. The number of pyridine rings is 1. The molecule has 0 radical (unpaired) electrons. The number of hydrogen-bond donors (Lipinski definition) is 3. The minimum absolute atomic E-state index is 0.0409. The summed E-state index contributed by atoms with van der Waals surface area (Å²) < 4.78 is 10.7. The molecule has 1 unspecified atom stereocenters. The topological polar surface area (TPSA) is 127 Å². The minimum Gasteiger partial charge on any atom is -0.478 e. The molecule has 0 saturated heterocycles. The van der Waals surface area contributed by atoms with E-state index in [4.69, 9.17) is 14.6 Å². The average molecular weight is 476 g/mol. The summed E-state index contributed by atoms with van der Waals surface area (Å²) in [5, 5.41) is 14.3. The van der Waals surface area contributed by atoms with Gasteiger partial charge in [-0.25, -0.2) is 9.59 Å². The maximum absolute atomic E-state index is 12.5. The van der Waals surface area contributed by atoms with Gasteiger partial charge in [-0.1, -0.05) is 48.5 Å². The summed E-state index contributed by atoms with van der Waals surface area (Å²) in [5.74, 6) is -1.67. The van der Waals surface area contributed by atoms with E-state index in [0.29, 0.717) is 0 Å². The molecule has 0 fully saturated rings. The van der Waals surface area contributed by atoms with Gasteiger partial charge in [0.15, 0.2) is 0 Å². The number of methoxy groups -OCH3 is 1. The van der Waals surface area contributed by atoms with E-state index in [2.05, 4.69) is 27.8 Å². The molecule has 1 atom stereocenters. The molecule has 180 valence electrons. The van der Waals surface area contributed by atoms with E-state index < -0.39 is 24.1 Å². The Labute approximate surface area is 202 Å². The third-order valence-electron chi connectivity index (χ3n) is 5.85. The van der Waals surface area contributed by atoms with Gasteiger partial charge in [0.1, 0.15) is 12.7 Å². The van der Waals surface area contributed by atoms with Gasteiger partial charge < -0.3 is 25.2 Å². The Balaban J connectivity index is 1.27. The van der Waals surface area contributed by atoms with Crippen LogP contribution in [0.3, 0.4) is 0 Å². The molecule has 35 heavy (non-hydrogen) atoms. The first-order valence-electron chi connectivity index (χ1n) is 11.1. The number of carbonyl (C=O) groups is 3. The fraction of sp³-hybridized carbons (Fsp3) is 0.231. The molecule has 4 rings (SSSR count). The van der Waals surface area contributed by atoms with Gasteiger partial charge in [-0.3, -0.25) is 9.78 Å². The van der Waals surface area contributed by atoms with Gasteiger partial charge in [0.25, 0.3) is 5.91 Å². The second-order valence-corrected chi connectivity index (χ2v) is 8.02. The van der Waals surface area contributed by atoms with Crippen molar-refractivity contribution in [2.75, 3.05) is 25.6 Å². The van der Waals surface area contributed by atoms with Crippen LogP contribution < -0.4 is 10.6 Å². The van der Waals surface area contributed by atoms with Crippen LogP contribution >= 0.6 is 0 Å². The van der Waals surface area contributed by atoms with E-state index in [-0.39, 0.29) is 36.7 Å². The van der Waals surface area contributed by atoms with Crippen molar-refractivity contribution in [3.05, 3.63) is 83.7 Å². The highest BCUT2D eigenvalue weighted by molar-refractivity contribution is 5.95. The molecule has 9 heteroatoms. The highest BCUT2D eigenvalue weighted by Crippen LogP contribution is 2.44. The van der Waals surface area contributed by atoms with Crippen molar-refractivity contribution in [1.29, 1.82) is 0 Å². The van der Waals surface area contributed by atoms with Crippen molar-refractivity contribution in [2.24, 2.45) is 0 Å². The van der Waals surface area contributed by atoms with Crippen LogP contribution in [0.15, 0.2) is 67.0 Å². The maximum atomic E-state index is 12.5. The number of carboxylic acids is 1. The molecular weight excluding hydrogens is 450 g/mol. The number of alkyl carbamates (subject to hydrolysis) is 1. The summed E-state index contributed by atoms with van der Waals surface area (Å²) in [4.78, 5) is 39.7. The zero-order valence-electron chi connectivity index (χ0n) is 19.1. The van der Waals surface area contributed by atoms with Crippen molar-refractivity contribution in [3.8, 4) is 11.1 Å². The largest absolute Gasteiger partial charge is 0.478 e. The van der Waals surface area contributed by atoms with Crippen LogP contribution in [0.1, 0.15) is 33.8 Å². The summed E-state index contributed by atoms with van der Waals surface area (Å²) in [6.45, 7) is 0.344. The predicted octanol–water partition coefficient (Wildman–Crippen LogP) is 3.66. The fourth-order valence-corrected chi connectivity index (χ4v) is 4.16. The van der Waals surface area contributed by atoms with Gasteiger partial charge in [-0.05, 0) is 28.3 Å². The molecule has 2 amide bonds. The normalized spacial score (nSPS) is 12.8. The third-order valence-corrected chi connectivity index (χ3v) is 5.85. The van der Waals surface area contributed by atoms with E-state index >= 15 is 0 Å². The molecule has 0 spiro atoms. The molecule has 9 nitrogen and oxygen atoms in total. The van der Waals surface area contributed by atoms with Crippen molar-refractivity contribution in [3.63, 3.8) is 0 Å². The highest BCUT2D eigenvalue weighted by Gasteiger charge is 2.29. The summed E-state index contributed by atoms with van der Waals surface area (Å²) in [7, 11) is 1.38. The monoisotopic (exact) mass is 475 g/mol. The lowest BCUT2D eigenvalue weighted by atomic mass is 9.98. The first-order valence-corrected chi connectivity index (χ1v) is 11.1. The van der Waals surface area contributed by atoms with Crippen LogP contribution in [0.25, 0.3) is 11.1 Å². The number of nitrogens with zero attached hydrogens (tertiary/aromatic N) is 1. The first-order chi connectivity index (χ1) is 17.0. The molecule has 0 aliphatic heterocycles. The van der Waals surface area contributed by atoms with E-state index in [0.717, 1.165) is 22.3 Å². The molecule has 1 aliphatic carbocycles. The quantitative estimate of drug-likeness (QED) is 0.431. The van der Waals surface area contributed by atoms with Gasteiger partial charge in [0, 0.05) is 32.2 Å². The number of hydrogen-bond acceptors (Lipinski definition) is 6. The minimum atomic E-state index is -1.15. The van der Waals surface area contributed by atoms with Crippen molar-refractivity contribution >= 4 is 23.7 Å². The first kappa shape index (κ1) is 23.9. The van der Waals surface area contributed by atoms with Crippen LogP contribution in [0, 0.1) is 0 Å². The zero-order valence-corrected chi connectivity index (χ0v) is 19.1. The van der Waals surface area contributed by atoms with E-state index in [1.807, 2.05) is 36.4 Å². The molecule has 1 heterocycles. The van der Waals surface area contributed by atoms with Crippen LogP contribution in [-0.4, -0.2) is 54.4 Å². The standard InChI is InChI=1S/C26H25N3O6/c1-34-23(24(30)29-17-12-16(25(31)32)13-27-14-17)10-11-28-26(33)35-15-22-20-8-4-2-6-18(20)19-7-3-5-9-21(19)22/h2-9,12-14,22-23H,10-11,15H2,1H3,(H,28,33)(H,29,30)(H,31,32). The Kier molecular flexibility index (Phi) is 7.37. The lowest BCUT2D eigenvalue weighted by Crippen LogP contribution is -2.35. The van der Waals surface area contributed by atoms with Crippen LogP contribution in [0.5, 0.6) is 0 Å². The number of nitrogens with one attached hydrogen (secondary N) is 2. The van der Waals surface area contributed by atoms with Gasteiger partial charge in [-0.15, -0.1) is 0 Å². The number of fused-ring (bicyclic) bond motifs is 3. The number of amides is 2. The average Bonchev–Trinajstić information content (AvgIpc) is 3.19. The molecule has 1 aromatic heterocycles. The van der Waals surface area contributed by atoms with Crippen LogP contribution in [-0.2, 0) is 14.3 Å². The smallest absolute Gasteiger partial charge is 0.407 e. The Morgan fingerprint density at radius 3 is 2.31 bits per heavy atom. The van der Waals surface area contributed by atoms with E-state index in [1.54, 1.807) is 0 Å². The van der Waals surface area contributed by atoms with E-state index in [1.165, 1.54) is 25.6 Å². The Morgan fingerprint density at radius 2 is 1.69 bits per heavy atom. The number of rotatable bonds is 9. The summed E-state index contributed by atoms with van der Waals surface area (Å²) >= 11 is 0. The maximum Gasteiger partial charge on any atom is 0.407 e. The molecule has 2 aromatic carbocycles. The van der Waals surface area contributed by atoms with Crippen molar-refractivity contribution in [2.45, 2.75) is 18.4 Å². The molecular formula is C26H25N3O6. The number of aromatic carboxylic acids is 1. The Hall–Kier alpha value is -4.24. The van der Waals surface area contributed by atoms with Gasteiger partial charge in [0.05, 0.1) is 17.4 Å². The lowest BCUT2D eigenvalue weighted by molar-refractivity contribution is -0.126. The van der Waals surface area contributed by atoms with Gasteiger partial charge in [0.2, 0.25) is 0 Å². The third kappa shape index (κ3) is 5.47. The Morgan fingerprint density at radius 1 is 1.03 bits per heavy atom. The summed E-state index contributed by atoms with van der Waals surface area (Å²) in [6, 6.07) is 17.5. The SMILES string of the molecule is COC(CCNC(=O)OCC1c2ccccc2-c2ccccc21)C(=O)Nc1cncc(C(=O)O)c1. The van der Waals surface area contributed by atoms with Gasteiger partial charge >= 0.3 is 12.1 Å². The molecule has 0 bridgehead atoms. The molecule has 3 N–H and O–H groups in total. The van der Waals surface area contributed by atoms with Crippen molar-refractivity contribution in [1.82, 2.24) is 10.3 Å². The zero-order chi connectivity index (χ0) is 24.8. The summed E-state index contributed by atoms with van der Waals surface area (Å²) in [6.07, 6.45) is 1.27. The number of anilines is 1. The second kappa shape index (κ2) is 10.8. The number of aromatic nitrogens is 1. The van der Waals surface area contributed by atoms with E-state index in [9.17, 15) is 14.4 Å². The molecule has 1 aliphatic rings. The summed E-state index contributed by atoms with van der Waals surface area (Å²) in [5.41, 5.74) is 4.73. The number of carboxylic acid groups (broad SMARTS) is 1. The predicted molar refractivity (Wildman–Crippen MR) is 128 cm³/mol. The second-order valence-electron chi connectivity index (χ2n) is 8.02. The van der Waals surface area contributed by atoms with Crippen LogP contribution in [0.2, 0.25) is 0 Å². The van der Waals surface area contributed by atoms with Crippen LogP contribution in [0.4, 0.5) is 10.5 Å². The number of benzene rings is 2. The highest BCUT2D eigenvalue weighted by atomic mass is 16.5. The lowest BCUT2D eigenvalue weighted by Gasteiger charge is -2.17. The van der Waals surface area contributed by atoms with Crippen molar-refractivity contribution < 1.29 is 29.0 Å². The molecule has 0 saturated carbocycles.